The number of likely N-dealkylation sites (tertiary alicyclic amines) is 1. The van der Waals surface area contributed by atoms with E-state index in [4.69, 9.17) is 4.42 Å². The standard InChI is InChI=1S/C20H21N5O2/c1-13-5-3-7-17(23-13)24-18-11-15(8-9-21-18)16-6-4-10-25(16)20(26)19-14(2)27-12-22-19/h3,5,7-9,11-12,16H,4,6,10H2,1-2H3,(H,21,23,24)/t16-/m1/s1. The van der Waals surface area contributed by atoms with Crippen molar-refractivity contribution in [2.75, 3.05) is 11.9 Å². The normalized spacial score (nSPS) is 16.5. The van der Waals surface area contributed by atoms with E-state index in [-0.39, 0.29) is 11.9 Å². The van der Waals surface area contributed by atoms with Gasteiger partial charge < -0.3 is 14.6 Å². The number of hydrogen-bond acceptors (Lipinski definition) is 6. The number of anilines is 2. The van der Waals surface area contributed by atoms with Crippen molar-refractivity contribution in [1.29, 1.82) is 0 Å². The Morgan fingerprint density at radius 3 is 2.89 bits per heavy atom. The molecule has 7 heteroatoms. The molecule has 1 aliphatic rings. The number of carbonyl (C=O) groups excluding carboxylic acids is 1. The summed E-state index contributed by atoms with van der Waals surface area (Å²) in [7, 11) is 0. The highest BCUT2D eigenvalue weighted by atomic mass is 16.3. The van der Waals surface area contributed by atoms with E-state index in [0.29, 0.717) is 23.8 Å². The van der Waals surface area contributed by atoms with Gasteiger partial charge in [-0.1, -0.05) is 6.07 Å². The summed E-state index contributed by atoms with van der Waals surface area (Å²) in [4.78, 5) is 27.7. The molecule has 0 aromatic carbocycles. The maximum atomic E-state index is 12.9. The van der Waals surface area contributed by atoms with Gasteiger partial charge in [0.15, 0.2) is 12.1 Å². The van der Waals surface area contributed by atoms with Gasteiger partial charge in [-0.3, -0.25) is 4.79 Å². The first-order valence-electron chi connectivity index (χ1n) is 8.99. The fourth-order valence-electron chi connectivity index (χ4n) is 3.47. The topological polar surface area (TPSA) is 84.2 Å². The molecule has 3 aromatic heterocycles. The Morgan fingerprint density at radius 2 is 2.11 bits per heavy atom. The summed E-state index contributed by atoms with van der Waals surface area (Å²) in [5.74, 6) is 1.92. The van der Waals surface area contributed by atoms with E-state index >= 15 is 0 Å². The summed E-state index contributed by atoms with van der Waals surface area (Å²) in [5.41, 5.74) is 2.37. The number of nitrogens with zero attached hydrogens (tertiary/aromatic N) is 4. The van der Waals surface area contributed by atoms with Gasteiger partial charge in [-0.05, 0) is 56.5 Å². The zero-order chi connectivity index (χ0) is 18.8. The largest absolute Gasteiger partial charge is 0.448 e. The molecule has 1 N–H and O–H groups in total. The molecule has 1 aliphatic heterocycles. The van der Waals surface area contributed by atoms with E-state index in [2.05, 4.69) is 20.3 Å². The first-order chi connectivity index (χ1) is 13.1. The van der Waals surface area contributed by atoms with Crippen molar-refractivity contribution in [3.63, 3.8) is 0 Å². The summed E-state index contributed by atoms with van der Waals surface area (Å²) in [6.45, 7) is 4.41. The lowest BCUT2D eigenvalue weighted by Crippen LogP contribution is -2.31. The number of oxazole rings is 1. The van der Waals surface area contributed by atoms with Gasteiger partial charge in [-0.25, -0.2) is 15.0 Å². The fourth-order valence-corrected chi connectivity index (χ4v) is 3.47. The molecule has 138 valence electrons. The lowest BCUT2D eigenvalue weighted by atomic mass is 10.1. The van der Waals surface area contributed by atoms with Gasteiger partial charge in [0.05, 0.1) is 6.04 Å². The van der Waals surface area contributed by atoms with Crippen LogP contribution in [0.25, 0.3) is 0 Å². The van der Waals surface area contributed by atoms with Gasteiger partial charge in [0.25, 0.3) is 5.91 Å². The maximum absolute atomic E-state index is 12.9. The van der Waals surface area contributed by atoms with Crippen LogP contribution in [0.3, 0.4) is 0 Å². The highest BCUT2D eigenvalue weighted by Crippen LogP contribution is 2.34. The highest BCUT2D eigenvalue weighted by Gasteiger charge is 2.32. The number of amides is 1. The van der Waals surface area contributed by atoms with Crippen molar-refractivity contribution in [3.05, 3.63) is 65.6 Å². The van der Waals surface area contributed by atoms with Gasteiger partial charge in [0.2, 0.25) is 0 Å². The van der Waals surface area contributed by atoms with Crippen molar-refractivity contribution in [3.8, 4) is 0 Å². The van der Waals surface area contributed by atoms with E-state index in [9.17, 15) is 4.79 Å². The van der Waals surface area contributed by atoms with E-state index in [1.807, 2.05) is 42.2 Å². The first kappa shape index (κ1) is 17.2. The third-order valence-electron chi connectivity index (χ3n) is 4.77. The van der Waals surface area contributed by atoms with Crippen LogP contribution in [-0.2, 0) is 0 Å². The molecule has 1 amide bonds. The van der Waals surface area contributed by atoms with Crippen LogP contribution < -0.4 is 5.32 Å². The van der Waals surface area contributed by atoms with E-state index in [1.165, 1.54) is 6.39 Å². The lowest BCUT2D eigenvalue weighted by molar-refractivity contribution is 0.0728. The average molecular weight is 363 g/mol. The molecule has 1 fully saturated rings. The molecular weight excluding hydrogens is 342 g/mol. The van der Waals surface area contributed by atoms with Gasteiger partial charge in [0, 0.05) is 18.4 Å². The molecule has 0 saturated carbocycles. The van der Waals surface area contributed by atoms with Crippen molar-refractivity contribution >= 4 is 17.5 Å². The van der Waals surface area contributed by atoms with Gasteiger partial charge in [-0.15, -0.1) is 0 Å². The van der Waals surface area contributed by atoms with Crippen LogP contribution in [0.5, 0.6) is 0 Å². The Kier molecular flexibility index (Phi) is 4.58. The molecule has 7 nitrogen and oxygen atoms in total. The molecule has 0 unspecified atom stereocenters. The van der Waals surface area contributed by atoms with Crippen LogP contribution >= 0.6 is 0 Å². The first-order valence-corrected chi connectivity index (χ1v) is 8.99. The van der Waals surface area contributed by atoms with Gasteiger partial charge >= 0.3 is 0 Å². The number of rotatable bonds is 4. The molecule has 4 heterocycles. The van der Waals surface area contributed by atoms with E-state index < -0.39 is 0 Å². The molecule has 27 heavy (non-hydrogen) atoms. The summed E-state index contributed by atoms with van der Waals surface area (Å²) >= 11 is 0. The van der Waals surface area contributed by atoms with Gasteiger partial charge in [-0.2, -0.15) is 0 Å². The molecule has 1 saturated heterocycles. The Morgan fingerprint density at radius 1 is 1.22 bits per heavy atom. The number of carbonyl (C=O) groups is 1. The van der Waals surface area contributed by atoms with Crippen LogP contribution in [0, 0.1) is 13.8 Å². The zero-order valence-corrected chi connectivity index (χ0v) is 15.3. The minimum absolute atomic E-state index is 0.00242. The molecule has 4 rings (SSSR count). The summed E-state index contributed by atoms with van der Waals surface area (Å²) < 4.78 is 5.20. The van der Waals surface area contributed by atoms with E-state index in [0.717, 1.165) is 29.9 Å². The Labute approximate surface area is 157 Å². The lowest BCUT2D eigenvalue weighted by Gasteiger charge is -2.24. The Hall–Kier alpha value is -3.22. The predicted molar refractivity (Wildman–Crippen MR) is 101 cm³/mol. The molecule has 0 bridgehead atoms. The van der Waals surface area contributed by atoms with Crippen LogP contribution in [0.1, 0.15) is 46.4 Å². The smallest absolute Gasteiger partial charge is 0.276 e. The summed E-state index contributed by atoms with van der Waals surface area (Å²) in [6, 6.07) is 9.74. The van der Waals surface area contributed by atoms with Crippen molar-refractivity contribution < 1.29 is 9.21 Å². The number of aromatic nitrogens is 3. The third-order valence-corrected chi connectivity index (χ3v) is 4.77. The minimum Gasteiger partial charge on any atom is -0.448 e. The summed E-state index contributed by atoms with van der Waals surface area (Å²) in [6.07, 6.45) is 4.94. The van der Waals surface area contributed by atoms with E-state index in [1.54, 1.807) is 13.1 Å². The van der Waals surface area contributed by atoms with Crippen LogP contribution in [0.4, 0.5) is 11.6 Å². The maximum Gasteiger partial charge on any atom is 0.276 e. The van der Waals surface area contributed by atoms with Crippen LogP contribution in [0.15, 0.2) is 47.3 Å². The highest BCUT2D eigenvalue weighted by molar-refractivity contribution is 5.93. The molecule has 0 spiro atoms. The van der Waals surface area contributed by atoms with Crippen molar-refractivity contribution in [2.45, 2.75) is 32.7 Å². The van der Waals surface area contributed by atoms with Crippen molar-refractivity contribution in [1.82, 2.24) is 19.9 Å². The third kappa shape index (κ3) is 3.53. The van der Waals surface area contributed by atoms with Crippen LogP contribution in [0.2, 0.25) is 0 Å². The predicted octanol–water partition coefficient (Wildman–Crippen LogP) is 3.80. The zero-order valence-electron chi connectivity index (χ0n) is 15.3. The molecule has 1 atom stereocenters. The summed E-state index contributed by atoms with van der Waals surface area (Å²) in [5, 5.41) is 3.24. The molecule has 0 radical (unpaired) electrons. The second-order valence-electron chi connectivity index (χ2n) is 6.68. The average Bonchev–Trinajstić information content (AvgIpc) is 3.30. The number of pyridine rings is 2. The molecular formula is C20H21N5O2. The minimum atomic E-state index is -0.0876. The van der Waals surface area contributed by atoms with Gasteiger partial charge in [0.1, 0.15) is 17.4 Å². The monoisotopic (exact) mass is 363 g/mol. The number of hydrogen-bond donors (Lipinski definition) is 1. The Balaban J connectivity index is 1.57. The van der Waals surface area contributed by atoms with Crippen molar-refractivity contribution in [2.24, 2.45) is 0 Å². The molecule has 0 aliphatic carbocycles. The number of nitrogens with one attached hydrogen (secondary N) is 1. The number of aryl methyl sites for hydroxylation is 2. The second-order valence-corrected chi connectivity index (χ2v) is 6.68. The second kappa shape index (κ2) is 7.19. The van der Waals surface area contributed by atoms with Crippen LogP contribution in [-0.4, -0.2) is 32.3 Å². The Bertz CT molecular complexity index is 968. The fraction of sp³-hybridized carbons (Fsp3) is 0.300. The SMILES string of the molecule is Cc1cccc(Nc2cc([C@H]3CCCN3C(=O)c3ncoc3C)ccn2)n1. The molecule has 3 aromatic rings. The quantitative estimate of drug-likeness (QED) is 0.759.